The van der Waals surface area contributed by atoms with Gasteiger partial charge >= 0.3 is 0 Å². The maximum Gasteiger partial charge on any atom is 0.229 e. The van der Waals surface area contributed by atoms with E-state index in [1.54, 1.807) is 6.07 Å². The number of nitrogens with zero attached hydrogens (tertiary/aromatic N) is 1. The van der Waals surface area contributed by atoms with Crippen LogP contribution in [0.15, 0.2) is 40.9 Å². The highest BCUT2D eigenvalue weighted by Gasteiger charge is 2.46. The molecule has 1 aliphatic heterocycles. The molecule has 2 heterocycles. The average molecular weight is 381 g/mol. The van der Waals surface area contributed by atoms with Crippen LogP contribution in [-0.2, 0) is 11.2 Å². The van der Waals surface area contributed by atoms with Gasteiger partial charge in [0.25, 0.3) is 0 Å². The molecular formula is C18H20FNO5S. The molecule has 0 spiro atoms. The van der Waals surface area contributed by atoms with Gasteiger partial charge in [0.1, 0.15) is 30.6 Å². The summed E-state index contributed by atoms with van der Waals surface area (Å²) < 4.78 is 25.0. The highest BCUT2D eigenvalue weighted by Crippen LogP contribution is 2.32. The molecule has 0 bridgehead atoms. The molecule has 1 fully saturated rings. The molecular weight excluding hydrogens is 361 g/mol. The number of ether oxygens (including phenoxy) is 2. The number of halogens is 1. The van der Waals surface area contributed by atoms with Crippen LogP contribution in [0.3, 0.4) is 0 Å². The van der Waals surface area contributed by atoms with E-state index in [0.717, 1.165) is 10.4 Å². The van der Waals surface area contributed by atoms with Crippen molar-refractivity contribution in [1.82, 2.24) is 0 Å². The van der Waals surface area contributed by atoms with Gasteiger partial charge in [-0.1, -0.05) is 35.0 Å². The van der Waals surface area contributed by atoms with Gasteiger partial charge in [0.05, 0.1) is 4.88 Å². The number of rotatable bonds is 6. The second-order valence-electron chi connectivity index (χ2n) is 6.27. The number of thiophene rings is 1. The summed E-state index contributed by atoms with van der Waals surface area (Å²) in [6, 6.07) is 9.81. The first kappa shape index (κ1) is 18.9. The second kappa shape index (κ2) is 8.22. The summed E-state index contributed by atoms with van der Waals surface area (Å²) in [5.41, 5.74) is 2.26. The van der Waals surface area contributed by atoms with E-state index < -0.39 is 37.3 Å². The Morgan fingerprint density at radius 1 is 1.23 bits per heavy atom. The molecule has 1 aliphatic rings. The largest absolute Gasteiger partial charge is 0.461 e. The molecule has 140 valence electrons. The molecule has 6 nitrogen and oxygen atoms in total. The van der Waals surface area contributed by atoms with E-state index in [1.807, 2.05) is 36.6 Å². The fourth-order valence-corrected chi connectivity index (χ4v) is 3.63. The zero-order valence-corrected chi connectivity index (χ0v) is 14.9. The van der Waals surface area contributed by atoms with E-state index in [-0.39, 0.29) is 0 Å². The summed E-state index contributed by atoms with van der Waals surface area (Å²) in [5.74, 6) is 0.488. The third-order valence-electron chi connectivity index (χ3n) is 4.31. The van der Waals surface area contributed by atoms with E-state index in [4.69, 9.17) is 9.47 Å². The van der Waals surface area contributed by atoms with Crippen LogP contribution in [0, 0.1) is 11.8 Å². The van der Waals surface area contributed by atoms with Gasteiger partial charge < -0.3 is 19.7 Å². The lowest BCUT2D eigenvalue weighted by molar-refractivity contribution is -0.257. The molecule has 0 aliphatic carbocycles. The average Bonchev–Trinajstić information content (AvgIpc) is 3.06. The Bertz CT molecular complexity index is 737. The van der Waals surface area contributed by atoms with Crippen molar-refractivity contribution in [2.75, 3.05) is 6.54 Å². The van der Waals surface area contributed by atoms with Crippen molar-refractivity contribution in [2.45, 2.75) is 44.1 Å². The van der Waals surface area contributed by atoms with Gasteiger partial charge in [-0.25, -0.2) is 4.39 Å². The number of hydrogen-bond acceptors (Lipinski definition) is 7. The number of aliphatic hydroxyl groups is 2. The van der Waals surface area contributed by atoms with Gasteiger partial charge in [0, 0.05) is 6.42 Å². The lowest BCUT2D eigenvalue weighted by Gasteiger charge is -2.38. The Morgan fingerprint density at radius 2 is 1.96 bits per heavy atom. The van der Waals surface area contributed by atoms with Gasteiger partial charge in [0.15, 0.2) is 6.17 Å². The molecule has 5 atom stereocenters. The summed E-state index contributed by atoms with van der Waals surface area (Å²) in [6.07, 6.45) is -7.09. The Balaban J connectivity index is 1.73. The fourth-order valence-electron chi connectivity index (χ4n) is 2.79. The number of alkyl halides is 1. The van der Waals surface area contributed by atoms with E-state index in [2.05, 4.69) is 5.18 Å². The Hall–Kier alpha value is -1.87. The smallest absolute Gasteiger partial charge is 0.229 e. The van der Waals surface area contributed by atoms with Crippen LogP contribution in [0.25, 0.3) is 0 Å². The molecule has 0 radical (unpaired) electrons. The van der Waals surface area contributed by atoms with Crippen molar-refractivity contribution in [3.8, 4) is 5.75 Å². The fraction of sp³-hybridized carbons (Fsp3) is 0.444. The SMILES string of the molecule is Cc1ccc(Cc2sccc2OC2OC(CN=O)C(F)C(O)C2O)cc1. The van der Waals surface area contributed by atoms with E-state index >= 15 is 0 Å². The predicted octanol–water partition coefficient (Wildman–Crippen LogP) is 2.58. The Labute approximate surface area is 154 Å². The van der Waals surface area contributed by atoms with Crippen molar-refractivity contribution >= 4 is 11.3 Å². The first-order chi connectivity index (χ1) is 12.5. The molecule has 5 unspecified atom stereocenters. The molecule has 0 saturated carbocycles. The van der Waals surface area contributed by atoms with Gasteiger partial charge in [-0.2, -0.15) is 4.91 Å². The number of benzene rings is 1. The molecule has 1 aromatic carbocycles. The quantitative estimate of drug-likeness (QED) is 0.751. The number of hydrogen-bond donors (Lipinski definition) is 2. The second-order valence-corrected chi connectivity index (χ2v) is 7.27. The molecule has 3 rings (SSSR count). The van der Waals surface area contributed by atoms with Gasteiger partial charge in [-0.05, 0) is 23.9 Å². The lowest BCUT2D eigenvalue weighted by Crippen LogP contribution is -2.58. The van der Waals surface area contributed by atoms with Crippen LogP contribution in [-0.4, -0.2) is 47.5 Å². The van der Waals surface area contributed by atoms with Crippen LogP contribution in [0.1, 0.15) is 16.0 Å². The minimum atomic E-state index is -1.91. The standard InChI is InChI=1S/C18H20FNO5S/c1-10-2-4-11(5-3-10)8-14-12(6-7-26-14)24-18-17(22)16(21)15(19)13(25-18)9-20-23/h2-7,13,15-18,21-22H,8-9H2,1H3. The summed E-state index contributed by atoms with van der Waals surface area (Å²) >= 11 is 1.48. The van der Waals surface area contributed by atoms with Crippen molar-refractivity contribution < 1.29 is 24.1 Å². The van der Waals surface area contributed by atoms with Crippen LogP contribution in [0.5, 0.6) is 5.75 Å². The Kier molecular flexibility index (Phi) is 5.98. The summed E-state index contributed by atoms with van der Waals surface area (Å²) in [4.78, 5) is 11.3. The number of nitroso groups, excluding NO2 is 1. The highest BCUT2D eigenvalue weighted by molar-refractivity contribution is 7.10. The molecule has 1 saturated heterocycles. The minimum absolute atomic E-state index is 0.468. The summed E-state index contributed by atoms with van der Waals surface area (Å²) in [5, 5.41) is 24.4. The van der Waals surface area contributed by atoms with Crippen LogP contribution < -0.4 is 4.74 Å². The molecule has 2 aromatic rings. The number of aryl methyl sites for hydroxylation is 1. The van der Waals surface area contributed by atoms with Crippen molar-refractivity contribution in [3.05, 3.63) is 56.6 Å². The minimum Gasteiger partial charge on any atom is -0.461 e. The third-order valence-corrected chi connectivity index (χ3v) is 5.21. The van der Waals surface area contributed by atoms with Gasteiger partial charge in [-0.15, -0.1) is 11.3 Å². The van der Waals surface area contributed by atoms with Crippen molar-refractivity contribution in [1.29, 1.82) is 0 Å². The van der Waals surface area contributed by atoms with E-state index in [9.17, 15) is 19.5 Å². The maximum absolute atomic E-state index is 13.9. The number of aliphatic hydroxyl groups excluding tert-OH is 2. The molecule has 2 N–H and O–H groups in total. The van der Waals surface area contributed by atoms with Crippen LogP contribution in [0.2, 0.25) is 0 Å². The zero-order chi connectivity index (χ0) is 18.7. The highest BCUT2D eigenvalue weighted by atomic mass is 32.1. The van der Waals surface area contributed by atoms with E-state index in [1.165, 1.54) is 16.9 Å². The normalized spacial score (nSPS) is 28.7. The molecule has 1 aromatic heterocycles. The molecule has 0 amide bonds. The zero-order valence-electron chi connectivity index (χ0n) is 14.1. The first-order valence-corrected chi connectivity index (χ1v) is 9.11. The molecule has 26 heavy (non-hydrogen) atoms. The lowest BCUT2D eigenvalue weighted by atomic mass is 10.0. The summed E-state index contributed by atoms with van der Waals surface area (Å²) in [6.45, 7) is 1.55. The maximum atomic E-state index is 13.9. The van der Waals surface area contributed by atoms with Crippen molar-refractivity contribution in [2.24, 2.45) is 5.18 Å². The summed E-state index contributed by atoms with van der Waals surface area (Å²) in [7, 11) is 0. The molecule has 8 heteroatoms. The Morgan fingerprint density at radius 3 is 2.65 bits per heavy atom. The third kappa shape index (κ3) is 4.09. The van der Waals surface area contributed by atoms with Gasteiger partial charge in [-0.3, -0.25) is 0 Å². The first-order valence-electron chi connectivity index (χ1n) is 8.23. The van der Waals surface area contributed by atoms with Crippen molar-refractivity contribution in [3.63, 3.8) is 0 Å². The predicted molar refractivity (Wildman–Crippen MR) is 95.2 cm³/mol. The monoisotopic (exact) mass is 381 g/mol. The van der Waals surface area contributed by atoms with Gasteiger partial charge in [0.2, 0.25) is 6.29 Å². The topological polar surface area (TPSA) is 88.4 Å². The van der Waals surface area contributed by atoms with E-state index in [0.29, 0.717) is 12.2 Å². The van der Waals surface area contributed by atoms with Crippen LogP contribution >= 0.6 is 11.3 Å². The van der Waals surface area contributed by atoms with Crippen LogP contribution in [0.4, 0.5) is 4.39 Å².